The number of nitrogens with two attached hydrogens (primary N) is 1. The SMILES string of the molecule is Nc1nc2ccc(NCc3ccncc3)cc2c(=O)[nH]1. The Labute approximate surface area is 114 Å². The average molecular weight is 267 g/mol. The zero-order valence-electron chi connectivity index (χ0n) is 10.6. The van der Waals surface area contributed by atoms with Gasteiger partial charge in [0, 0.05) is 24.6 Å². The smallest absolute Gasteiger partial charge is 0.260 e. The van der Waals surface area contributed by atoms with Gasteiger partial charge in [0.25, 0.3) is 5.56 Å². The van der Waals surface area contributed by atoms with E-state index in [1.807, 2.05) is 18.2 Å². The van der Waals surface area contributed by atoms with Gasteiger partial charge in [0.1, 0.15) is 0 Å². The molecule has 2 aromatic heterocycles. The minimum atomic E-state index is -0.236. The number of hydrogen-bond donors (Lipinski definition) is 3. The van der Waals surface area contributed by atoms with Gasteiger partial charge in [-0.15, -0.1) is 0 Å². The molecular weight excluding hydrogens is 254 g/mol. The molecule has 100 valence electrons. The molecule has 0 saturated carbocycles. The standard InChI is InChI=1S/C14H13N5O/c15-14-18-12-2-1-10(7-11(12)13(20)19-14)17-8-9-3-5-16-6-4-9/h1-7,17H,8H2,(H3,15,18,19,20). The maximum absolute atomic E-state index is 11.8. The molecule has 1 aromatic carbocycles. The van der Waals surface area contributed by atoms with Crippen molar-refractivity contribution in [3.05, 3.63) is 58.6 Å². The Morgan fingerprint density at radius 3 is 2.80 bits per heavy atom. The van der Waals surface area contributed by atoms with Crippen LogP contribution in [0, 0.1) is 0 Å². The number of aromatic nitrogens is 3. The number of fused-ring (bicyclic) bond motifs is 1. The minimum Gasteiger partial charge on any atom is -0.381 e. The molecule has 0 aliphatic heterocycles. The highest BCUT2D eigenvalue weighted by atomic mass is 16.1. The monoisotopic (exact) mass is 267 g/mol. The third kappa shape index (κ3) is 2.44. The number of H-pyrrole nitrogens is 1. The van der Waals surface area contributed by atoms with Crippen LogP contribution in [0.2, 0.25) is 0 Å². The molecule has 4 N–H and O–H groups in total. The summed E-state index contributed by atoms with van der Waals surface area (Å²) in [6, 6.07) is 9.28. The van der Waals surface area contributed by atoms with Gasteiger partial charge in [0.2, 0.25) is 5.95 Å². The Balaban J connectivity index is 1.88. The first-order valence-corrected chi connectivity index (χ1v) is 6.15. The second-order valence-corrected chi connectivity index (χ2v) is 4.39. The molecule has 3 rings (SSSR count). The van der Waals surface area contributed by atoms with Crippen LogP contribution in [0.15, 0.2) is 47.5 Å². The summed E-state index contributed by atoms with van der Waals surface area (Å²) in [6.07, 6.45) is 3.49. The van der Waals surface area contributed by atoms with E-state index in [1.165, 1.54) is 0 Å². The Hall–Kier alpha value is -2.89. The van der Waals surface area contributed by atoms with E-state index in [2.05, 4.69) is 20.3 Å². The third-order valence-corrected chi connectivity index (χ3v) is 2.97. The number of benzene rings is 1. The summed E-state index contributed by atoms with van der Waals surface area (Å²) >= 11 is 0. The van der Waals surface area contributed by atoms with Crippen LogP contribution in [-0.4, -0.2) is 15.0 Å². The first-order chi connectivity index (χ1) is 9.72. The van der Waals surface area contributed by atoms with Crippen molar-refractivity contribution in [2.75, 3.05) is 11.1 Å². The van der Waals surface area contributed by atoms with E-state index < -0.39 is 0 Å². The van der Waals surface area contributed by atoms with E-state index >= 15 is 0 Å². The van der Waals surface area contributed by atoms with Crippen LogP contribution in [-0.2, 0) is 6.54 Å². The lowest BCUT2D eigenvalue weighted by molar-refractivity contribution is 1.13. The van der Waals surface area contributed by atoms with Crippen LogP contribution in [0.1, 0.15) is 5.56 Å². The molecule has 0 radical (unpaired) electrons. The Kier molecular flexibility index (Phi) is 3.04. The second kappa shape index (κ2) is 5.00. The summed E-state index contributed by atoms with van der Waals surface area (Å²) in [5.41, 5.74) is 7.83. The summed E-state index contributed by atoms with van der Waals surface area (Å²) in [7, 11) is 0. The van der Waals surface area contributed by atoms with E-state index in [0.717, 1.165) is 11.3 Å². The van der Waals surface area contributed by atoms with Gasteiger partial charge < -0.3 is 11.1 Å². The summed E-state index contributed by atoms with van der Waals surface area (Å²) in [5, 5.41) is 3.77. The van der Waals surface area contributed by atoms with Gasteiger partial charge in [0.05, 0.1) is 10.9 Å². The lowest BCUT2D eigenvalue weighted by Crippen LogP contribution is -2.11. The van der Waals surface area contributed by atoms with E-state index in [1.54, 1.807) is 24.5 Å². The van der Waals surface area contributed by atoms with Gasteiger partial charge >= 0.3 is 0 Å². The fraction of sp³-hybridized carbons (Fsp3) is 0.0714. The largest absolute Gasteiger partial charge is 0.381 e. The van der Waals surface area contributed by atoms with Crippen LogP contribution in [0.4, 0.5) is 11.6 Å². The number of nitrogens with zero attached hydrogens (tertiary/aromatic N) is 2. The maximum atomic E-state index is 11.8. The molecule has 0 aliphatic carbocycles. The van der Waals surface area contributed by atoms with Crippen molar-refractivity contribution in [2.45, 2.75) is 6.54 Å². The van der Waals surface area contributed by atoms with Crippen LogP contribution in [0.3, 0.4) is 0 Å². The van der Waals surface area contributed by atoms with Crippen LogP contribution < -0.4 is 16.6 Å². The van der Waals surface area contributed by atoms with Gasteiger partial charge in [-0.05, 0) is 35.9 Å². The van der Waals surface area contributed by atoms with Gasteiger partial charge in [-0.1, -0.05) is 0 Å². The highest BCUT2D eigenvalue weighted by Crippen LogP contribution is 2.15. The van der Waals surface area contributed by atoms with E-state index in [-0.39, 0.29) is 11.5 Å². The lowest BCUT2D eigenvalue weighted by Gasteiger charge is -2.07. The molecule has 2 heterocycles. The lowest BCUT2D eigenvalue weighted by atomic mass is 10.2. The van der Waals surface area contributed by atoms with Crippen molar-refractivity contribution in [1.29, 1.82) is 0 Å². The van der Waals surface area contributed by atoms with Crippen molar-refractivity contribution >= 4 is 22.5 Å². The van der Waals surface area contributed by atoms with Crippen LogP contribution >= 0.6 is 0 Å². The van der Waals surface area contributed by atoms with E-state index in [9.17, 15) is 4.79 Å². The summed E-state index contributed by atoms with van der Waals surface area (Å²) < 4.78 is 0. The summed E-state index contributed by atoms with van der Waals surface area (Å²) in [6.45, 7) is 0.661. The van der Waals surface area contributed by atoms with E-state index in [0.29, 0.717) is 17.4 Å². The quantitative estimate of drug-likeness (QED) is 0.668. The molecular formula is C14H13N5O. The van der Waals surface area contributed by atoms with Gasteiger partial charge in [-0.2, -0.15) is 0 Å². The molecule has 0 saturated heterocycles. The fourth-order valence-electron chi connectivity index (χ4n) is 1.97. The highest BCUT2D eigenvalue weighted by Gasteiger charge is 2.03. The van der Waals surface area contributed by atoms with Crippen LogP contribution in [0.25, 0.3) is 10.9 Å². The van der Waals surface area contributed by atoms with Crippen molar-refractivity contribution in [3.8, 4) is 0 Å². The number of rotatable bonds is 3. The molecule has 0 amide bonds. The number of anilines is 2. The number of pyridine rings is 1. The molecule has 0 bridgehead atoms. The first-order valence-electron chi connectivity index (χ1n) is 6.15. The predicted molar refractivity (Wildman–Crippen MR) is 78.3 cm³/mol. The molecule has 3 aromatic rings. The number of nitrogens with one attached hydrogen (secondary N) is 2. The average Bonchev–Trinajstić information content (AvgIpc) is 2.46. The van der Waals surface area contributed by atoms with Gasteiger partial charge in [-0.25, -0.2) is 4.98 Å². The van der Waals surface area contributed by atoms with Gasteiger partial charge in [-0.3, -0.25) is 14.8 Å². The normalized spacial score (nSPS) is 10.6. The minimum absolute atomic E-state index is 0.125. The number of aromatic amines is 1. The van der Waals surface area contributed by atoms with E-state index in [4.69, 9.17) is 5.73 Å². The second-order valence-electron chi connectivity index (χ2n) is 4.39. The summed E-state index contributed by atoms with van der Waals surface area (Å²) in [4.78, 5) is 22.4. The Bertz CT molecular complexity index is 798. The Morgan fingerprint density at radius 1 is 1.20 bits per heavy atom. The molecule has 0 unspecified atom stereocenters. The first kappa shape index (κ1) is 12.2. The molecule has 0 fully saturated rings. The number of nitrogen functional groups attached to an aromatic ring is 1. The summed E-state index contributed by atoms with van der Waals surface area (Å²) in [5.74, 6) is 0.125. The number of hydrogen-bond acceptors (Lipinski definition) is 5. The molecule has 0 spiro atoms. The molecule has 6 nitrogen and oxygen atoms in total. The highest BCUT2D eigenvalue weighted by molar-refractivity contribution is 5.82. The van der Waals surface area contributed by atoms with Gasteiger partial charge in [0.15, 0.2) is 0 Å². The maximum Gasteiger partial charge on any atom is 0.260 e. The Morgan fingerprint density at radius 2 is 2.00 bits per heavy atom. The predicted octanol–water partition coefficient (Wildman–Crippen LogP) is 1.51. The fourth-order valence-corrected chi connectivity index (χ4v) is 1.97. The molecule has 6 heteroatoms. The van der Waals surface area contributed by atoms with Crippen molar-refractivity contribution < 1.29 is 0 Å². The molecule has 0 aliphatic rings. The molecule has 0 atom stereocenters. The van der Waals surface area contributed by atoms with Crippen LogP contribution in [0.5, 0.6) is 0 Å². The third-order valence-electron chi connectivity index (χ3n) is 2.97. The van der Waals surface area contributed by atoms with Crippen molar-refractivity contribution in [1.82, 2.24) is 15.0 Å². The topological polar surface area (TPSA) is 96.7 Å². The molecule has 20 heavy (non-hydrogen) atoms. The zero-order valence-corrected chi connectivity index (χ0v) is 10.6. The van der Waals surface area contributed by atoms with Crippen molar-refractivity contribution in [2.24, 2.45) is 0 Å². The zero-order chi connectivity index (χ0) is 13.9. The van der Waals surface area contributed by atoms with Crippen molar-refractivity contribution in [3.63, 3.8) is 0 Å².